The topological polar surface area (TPSA) is 61.4 Å². The lowest BCUT2D eigenvalue weighted by Crippen LogP contribution is -2.17. The number of hydrogen-bond acceptors (Lipinski definition) is 4. The van der Waals surface area contributed by atoms with E-state index in [9.17, 15) is 13.2 Å². The van der Waals surface area contributed by atoms with E-state index >= 15 is 0 Å². The van der Waals surface area contributed by atoms with Crippen LogP contribution >= 0.6 is 0 Å². The minimum atomic E-state index is -4.52. The molecular formula is C67H63F3N6. The van der Waals surface area contributed by atoms with Crippen LogP contribution in [-0.4, -0.2) is 29.1 Å². The Kier molecular flexibility index (Phi) is 11.8. The van der Waals surface area contributed by atoms with Crippen LogP contribution in [0.5, 0.6) is 0 Å². The number of hydrogen-bond donors (Lipinski definition) is 0. The number of benzene rings is 7. The smallest absolute Gasteiger partial charge is 0.309 e. The number of para-hydroxylation sites is 3. The summed E-state index contributed by atoms with van der Waals surface area (Å²) in [5.74, 6) is 1.58. The number of nitrogens with zero attached hydrogens (tertiary/aromatic N) is 6. The van der Waals surface area contributed by atoms with Gasteiger partial charge in [0.15, 0.2) is 17.5 Å². The van der Waals surface area contributed by atoms with Crippen LogP contribution in [0.1, 0.15) is 111 Å². The highest BCUT2D eigenvalue weighted by atomic mass is 19.4. The van der Waals surface area contributed by atoms with E-state index < -0.39 is 11.7 Å². The van der Waals surface area contributed by atoms with E-state index in [0.29, 0.717) is 33.8 Å². The quantitative estimate of drug-likeness (QED) is 0.167. The van der Waals surface area contributed by atoms with Crippen molar-refractivity contribution in [2.24, 2.45) is 0 Å². The molecule has 0 amide bonds. The van der Waals surface area contributed by atoms with Crippen LogP contribution in [0.2, 0.25) is 0 Å². The fraction of sp³-hybridized carbons (Fsp3) is 0.254. The van der Waals surface area contributed by atoms with Gasteiger partial charge in [0.25, 0.3) is 0 Å². The minimum Gasteiger partial charge on any atom is -0.309 e. The van der Waals surface area contributed by atoms with Gasteiger partial charge in [-0.25, -0.2) is 15.0 Å². The lowest BCUT2D eigenvalue weighted by molar-refractivity contribution is -0.137. The van der Waals surface area contributed by atoms with Crippen molar-refractivity contribution in [1.29, 1.82) is 0 Å². The van der Waals surface area contributed by atoms with E-state index in [2.05, 4.69) is 189 Å². The van der Waals surface area contributed by atoms with Gasteiger partial charge in [-0.15, -0.1) is 0 Å². The molecule has 7 aromatic carbocycles. The van der Waals surface area contributed by atoms with Crippen molar-refractivity contribution in [1.82, 2.24) is 29.1 Å². The second kappa shape index (κ2) is 17.9. The van der Waals surface area contributed by atoms with Crippen molar-refractivity contribution in [2.75, 3.05) is 0 Å². The highest BCUT2D eigenvalue weighted by Gasteiger charge is 2.32. The van der Waals surface area contributed by atoms with Gasteiger partial charge in [-0.1, -0.05) is 150 Å². The minimum absolute atomic E-state index is 0.166. The number of halogens is 3. The average Bonchev–Trinajstić information content (AvgIpc) is 3.90. The highest BCUT2D eigenvalue weighted by Crippen LogP contribution is 2.44. The summed E-state index contributed by atoms with van der Waals surface area (Å²) in [4.78, 5) is 21.1. The van der Waals surface area contributed by atoms with E-state index in [4.69, 9.17) is 19.9 Å². The van der Waals surface area contributed by atoms with Crippen molar-refractivity contribution in [3.63, 3.8) is 0 Å². The van der Waals surface area contributed by atoms with E-state index in [1.807, 2.05) is 48.8 Å². The summed E-state index contributed by atoms with van der Waals surface area (Å²) in [5.41, 5.74) is 12.5. The molecule has 6 nitrogen and oxygen atoms in total. The van der Waals surface area contributed by atoms with Gasteiger partial charge in [0.2, 0.25) is 0 Å². The molecule has 9 heteroatoms. The number of alkyl halides is 3. The number of rotatable bonds is 6. The number of pyridine rings is 1. The second-order valence-electron chi connectivity index (χ2n) is 24.5. The Morgan fingerprint density at radius 1 is 0.342 bits per heavy atom. The van der Waals surface area contributed by atoms with Crippen molar-refractivity contribution in [3.8, 4) is 56.7 Å². The molecule has 0 aliphatic rings. The largest absolute Gasteiger partial charge is 0.416 e. The van der Waals surface area contributed by atoms with Crippen molar-refractivity contribution >= 4 is 43.6 Å². The molecule has 0 bridgehead atoms. The van der Waals surface area contributed by atoms with Crippen molar-refractivity contribution in [3.05, 3.63) is 192 Å². The first kappa shape index (κ1) is 50.3. The van der Waals surface area contributed by atoms with Gasteiger partial charge in [-0.05, 0) is 129 Å². The van der Waals surface area contributed by atoms with Crippen LogP contribution in [0.4, 0.5) is 13.2 Å². The first-order valence-electron chi connectivity index (χ1n) is 26.1. The van der Waals surface area contributed by atoms with Gasteiger partial charge in [-0.2, -0.15) is 13.2 Å². The Balaban J connectivity index is 1.24. The fourth-order valence-electron chi connectivity index (χ4n) is 10.5. The van der Waals surface area contributed by atoms with Crippen molar-refractivity contribution < 1.29 is 13.2 Å². The first-order valence-corrected chi connectivity index (χ1v) is 26.1. The van der Waals surface area contributed by atoms with E-state index in [1.54, 1.807) is 6.07 Å². The fourth-order valence-corrected chi connectivity index (χ4v) is 10.5. The Morgan fingerprint density at radius 2 is 0.737 bits per heavy atom. The van der Waals surface area contributed by atoms with Gasteiger partial charge in [0, 0.05) is 61.8 Å². The monoisotopic (exact) mass is 1010 g/mol. The molecular weight excluding hydrogens is 946 g/mol. The Labute approximate surface area is 443 Å². The molecule has 0 fully saturated rings. The van der Waals surface area contributed by atoms with Gasteiger partial charge >= 0.3 is 6.18 Å². The Bertz CT molecular complexity index is 3880. The van der Waals surface area contributed by atoms with Crippen LogP contribution in [0.3, 0.4) is 0 Å². The van der Waals surface area contributed by atoms with Crippen LogP contribution in [0, 0.1) is 0 Å². The summed E-state index contributed by atoms with van der Waals surface area (Å²) in [7, 11) is 0. The molecule has 0 saturated carbocycles. The van der Waals surface area contributed by atoms with Crippen LogP contribution < -0.4 is 0 Å². The molecule has 0 aliphatic carbocycles. The van der Waals surface area contributed by atoms with Gasteiger partial charge < -0.3 is 9.13 Å². The maximum atomic E-state index is 14.5. The normalized spacial score (nSPS) is 12.9. The van der Waals surface area contributed by atoms with Crippen LogP contribution in [0.15, 0.2) is 164 Å². The summed E-state index contributed by atoms with van der Waals surface area (Å²) in [5, 5.41) is 3.43. The highest BCUT2D eigenvalue weighted by molar-refractivity contribution is 6.11. The Hall–Kier alpha value is -7.91. The van der Waals surface area contributed by atoms with Crippen LogP contribution in [0.25, 0.3) is 100 Å². The van der Waals surface area contributed by atoms with Crippen molar-refractivity contribution in [2.45, 2.75) is 111 Å². The van der Waals surface area contributed by atoms with E-state index in [0.717, 1.165) is 66.5 Å². The molecule has 0 saturated heterocycles. The lowest BCUT2D eigenvalue weighted by atomic mass is 9.79. The lowest BCUT2D eigenvalue weighted by Gasteiger charge is -2.26. The molecule has 11 aromatic rings. The molecule has 0 spiro atoms. The third kappa shape index (κ3) is 9.03. The molecule has 11 rings (SSSR count). The first-order chi connectivity index (χ1) is 35.8. The molecule has 0 atom stereocenters. The number of aromatic nitrogens is 6. The molecule has 0 N–H and O–H groups in total. The van der Waals surface area contributed by atoms with E-state index in [1.165, 1.54) is 34.4 Å². The standard InChI is InChI=1S/C67H63F3N6/c1-63(2,3)44-31-41(32-45(36-44)64(4,5)6)61-72-60(73-62(74-61)42-33-46(65(7,8)9)37-47(34-42)66(10,11)12)40-25-27-57(76-56-24-18-15-21-50(56)52-38-43(67(68,69)70)26-28-58(52)76)51(35-40)53-39-71-30-29-59(53)75-54-22-16-13-19-48(54)49-20-14-17-23-55(49)75/h13-39H,1-12H3. The predicted molar refractivity (Wildman–Crippen MR) is 308 cm³/mol. The summed E-state index contributed by atoms with van der Waals surface area (Å²) in [6.45, 7) is 26.8. The molecule has 4 aromatic heterocycles. The molecule has 76 heavy (non-hydrogen) atoms. The molecule has 0 radical (unpaired) electrons. The summed E-state index contributed by atoms with van der Waals surface area (Å²) in [6.07, 6.45) is -0.825. The maximum Gasteiger partial charge on any atom is 0.416 e. The maximum absolute atomic E-state index is 14.5. The Morgan fingerprint density at radius 3 is 1.17 bits per heavy atom. The molecule has 0 aliphatic heterocycles. The zero-order valence-electron chi connectivity index (χ0n) is 45.4. The average molecular weight is 1010 g/mol. The summed E-state index contributed by atoms with van der Waals surface area (Å²) < 4.78 is 47.8. The van der Waals surface area contributed by atoms with Gasteiger partial charge in [0.05, 0.1) is 39.0 Å². The van der Waals surface area contributed by atoms with E-state index in [-0.39, 0.29) is 21.7 Å². The third-order valence-electron chi connectivity index (χ3n) is 14.9. The van der Waals surface area contributed by atoms with Gasteiger partial charge in [0.1, 0.15) is 0 Å². The van der Waals surface area contributed by atoms with Crippen LogP contribution in [-0.2, 0) is 27.8 Å². The zero-order valence-corrected chi connectivity index (χ0v) is 45.4. The number of fused-ring (bicyclic) bond motifs is 6. The van der Waals surface area contributed by atoms with Gasteiger partial charge in [-0.3, -0.25) is 4.98 Å². The molecule has 4 heterocycles. The predicted octanol–water partition coefficient (Wildman–Crippen LogP) is 18.3. The summed E-state index contributed by atoms with van der Waals surface area (Å²) >= 11 is 0. The SMILES string of the molecule is CC(C)(C)c1cc(-c2nc(-c3cc(C(C)(C)C)cc(C(C)(C)C)c3)nc(-c3ccc(-n4c5ccccc5c5cc(C(F)(F)F)ccc54)c(-c4cnccc4-n4c5ccccc5c5ccccc54)c3)n2)cc(C(C)(C)C)c1. The molecule has 382 valence electrons. The zero-order chi connectivity index (χ0) is 53.9. The third-order valence-corrected chi connectivity index (χ3v) is 14.9. The second-order valence-corrected chi connectivity index (χ2v) is 24.5. The summed E-state index contributed by atoms with van der Waals surface area (Å²) in [6, 6.07) is 50.2. The molecule has 0 unspecified atom stereocenters.